The molecule has 0 aromatic carbocycles. The van der Waals surface area contributed by atoms with Gasteiger partial charge in [0.25, 0.3) is 0 Å². The molecule has 0 amide bonds. The van der Waals surface area contributed by atoms with Crippen LogP contribution in [0.2, 0.25) is 0 Å². The maximum atomic E-state index is 12.4. The third kappa shape index (κ3) is 7.00. The number of ether oxygens (including phenoxy) is 1. The number of aromatic nitrogens is 1. The molecule has 26 heavy (non-hydrogen) atoms. The molecular weight excluding hydrogens is 473 g/mol. The first-order valence-corrected chi connectivity index (χ1v) is 10.1. The summed E-state index contributed by atoms with van der Waals surface area (Å²) >= 11 is 0. The molecule has 2 rings (SSSR count). The number of guanidine groups is 1. The molecule has 0 saturated carbocycles. The zero-order chi connectivity index (χ0) is 18.1. The third-order valence-electron chi connectivity index (χ3n) is 3.92. The Morgan fingerprint density at radius 2 is 2.12 bits per heavy atom. The summed E-state index contributed by atoms with van der Waals surface area (Å²) in [4.78, 5) is 6.35. The Labute approximate surface area is 172 Å². The zero-order valence-electron chi connectivity index (χ0n) is 15.3. The smallest absolute Gasteiger partial charge is 0.220 e. The maximum Gasteiger partial charge on any atom is 0.220 e. The largest absolute Gasteiger partial charge is 0.382 e. The van der Waals surface area contributed by atoms with E-state index in [4.69, 9.17) is 9.26 Å². The van der Waals surface area contributed by atoms with Gasteiger partial charge in [-0.05, 0) is 13.3 Å². The number of rotatable bonds is 8. The zero-order valence-corrected chi connectivity index (χ0v) is 18.4. The van der Waals surface area contributed by atoms with E-state index in [1.54, 1.807) is 13.1 Å². The minimum absolute atomic E-state index is 0. The van der Waals surface area contributed by atoms with Gasteiger partial charge in [0.1, 0.15) is 12.0 Å². The Morgan fingerprint density at radius 1 is 1.38 bits per heavy atom. The molecule has 0 aliphatic carbocycles. The van der Waals surface area contributed by atoms with Crippen LogP contribution < -0.4 is 5.32 Å². The molecule has 2 heterocycles. The van der Waals surface area contributed by atoms with Crippen LogP contribution >= 0.6 is 24.0 Å². The Balaban J connectivity index is 0.00000338. The minimum atomic E-state index is -3.38. The molecule has 0 atom stereocenters. The molecule has 1 aliphatic heterocycles. The van der Waals surface area contributed by atoms with Crippen LogP contribution in [0, 0.1) is 0 Å². The Bertz CT molecular complexity index is 630. The molecular formula is C15H28IN5O4S. The van der Waals surface area contributed by atoms with Crippen molar-refractivity contribution >= 4 is 40.0 Å². The highest BCUT2D eigenvalue weighted by Crippen LogP contribution is 2.12. The van der Waals surface area contributed by atoms with Gasteiger partial charge in [0, 0.05) is 59.1 Å². The van der Waals surface area contributed by atoms with Crippen molar-refractivity contribution in [2.24, 2.45) is 4.99 Å². The lowest BCUT2D eigenvalue weighted by Gasteiger charge is -2.35. The van der Waals surface area contributed by atoms with Gasteiger partial charge in [0.2, 0.25) is 10.0 Å². The predicted octanol–water partition coefficient (Wildman–Crippen LogP) is 0.742. The number of halogens is 1. The van der Waals surface area contributed by atoms with Crippen molar-refractivity contribution < 1.29 is 17.7 Å². The van der Waals surface area contributed by atoms with Gasteiger partial charge in [0.05, 0.1) is 5.69 Å². The lowest BCUT2D eigenvalue weighted by molar-refractivity contribution is 0.145. The maximum absolute atomic E-state index is 12.4. The highest BCUT2D eigenvalue weighted by atomic mass is 127. The van der Waals surface area contributed by atoms with Crippen molar-refractivity contribution in [3.05, 3.63) is 18.0 Å². The number of nitrogens with zero attached hydrogens (tertiary/aromatic N) is 4. The van der Waals surface area contributed by atoms with Crippen LogP contribution in [0.15, 0.2) is 21.8 Å². The molecule has 150 valence electrons. The fourth-order valence-corrected chi connectivity index (χ4v) is 4.04. The number of piperazine rings is 1. The average Bonchev–Trinajstić information content (AvgIpc) is 3.10. The summed E-state index contributed by atoms with van der Waals surface area (Å²) in [7, 11) is -1.65. The molecule has 1 saturated heterocycles. The van der Waals surface area contributed by atoms with Gasteiger partial charge < -0.3 is 19.5 Å². The Hall–Kier alpha value is -0.920. The van der Waals surface area contributed by atoms with E-state index in [2.05, 4.69) is 20.4 Å². The van der Waals surface area contributed by atoms with Crippen molar-refractivity contribution in [3.63, 3.8) is 0 Å². The Kier molecular flexibility index (Phi) is 10.4. The quantitative estimate of drug-likeness (QED) is 0.243. The van der Waals surface area contributed by atoms with E-state index in [1.807, 2.05) is 6.92 Å². The molecule has 1 aromatic rings. The van der Waals surface area contributed by atoms with Crippen LogP contribution in [0.3, 0.4) is 0 Å². The van der Waals surface area contributed by atoms with Crippen LogP contribution in [0.1, 0.15) is 19.0 Å². The highest BCUT2D eigenvalue weighted by molar-refractivity contribution is 14.0. The summed E-state index contributed by atoms with van der Waals surface area (Å²) in [6.07, 6.45) is 2.28. The van der Waals surface area contributed by atoms with E-state index < -0.39 is 10.0 Å². The van der Waals surface area contributed by atoms with Crippen molar-refractivity contribution in [1.29, 1.82) is 0 Å². The molecule has 1 N–H and O–H groups in total. The van der Waals surface area contributed by atoms with E-state index in [0.29, 0.717) is 38.5 Å². The molecule has 0 spiro atoms. The molecule has 11 heteroatoms. The van der Waals surface area contributed by atoms with Crippen molar-refractivity contribution in [1.82, 2.24) is 19.7 Å². The summed E-state index contributed by atoms with van der Waals surface area (Å²) in [5.74, 6) is 0.665. The van der Waals surface area contributed by atoms with Gasteiger partial charge >= 0.3 is 0 Å². The molecule has 1 aromatic heterocycles. The first-order valence-electron chi connectivity index (χ1n) is 8.47. The second kappa shape index (κ2) is 11.7. The van der Waals surface area contributed by atoms with Crippen LogP contribution in [-0.4, -0.2) is 81.7 Å². The number of hydrogen-bond acceptors (Lipinski definition) is 6. The van der Waals surface area contributed by atoms with E-state index in [9.17, 15) is 8.42 Å². The molecule has 9 nitrogen and oxygen atoms in total. The third-order valence-corrected chi connectivity index (χ3v) is 5.73. The van der Waals surface area contributed by atoms with Crippen LogP contribution in [-0.2, 0) is 20.5 Å². The highest BCUT2D eigenvalue weighted by Gasteiger charge is 2.28. The number of hydrogen-bond donors (Lipinski definition) is 1. The van der Waals surface area contributed by atoms with Gasteiger partial charge in [-0.3, -0.25) is 4.99 Å². The number of sulfonamides is 1. The molecule has 0 radical (unpaired) electrons. The van der Waals surface area contributed by atoms with E-state index >= 15 is 0 Å². The van der Waals surface area contributed by atoms with Crippen molar-refractivity contribution in [2.45, 2.75) is 19.1 Å². The summed E-state index contributed by atoms with van der Waals surface area (Å²) in [6.45, 7) is 6.25. The fraction of sp³-hybridized carbons (Fsp3) is 0.733. The molecule has 0 bridgehead atoms. The normalized spacial score (nSPS) is 16.4. The van der Waals surface area contributed by atoms with E-state index in [-0.39, 0.29) is 29.7 Å². The van der Waals surface area contributed by atoms with Gasteiger partial charge in [-0.15, -0.1) is 24.0 Å². The second-order valence-corrected chi connectivity index (χ2v) is 7.63. The number of nitrogens with one attached hydrogen (secondary N) is 1. The lowest BCUT2D eigenvalue weighted by atomic mass is 10.4. The first-order chi connectivity index (χ1) is 12.1. The van der Waals surface area contributed by atoms with Gasteiger partial charge in [-0.2, -0.15) is 4.31 Å². The lowest BCUT2D eigenvalue weighted by Crippen LogP contribution is -2.54. The van der Waals surface area contributed by atoms with Gasteiger partial charge in [0.15, 0.2) is 5.96 Å². The molecule has 1 fully saturated rings. The Morgan fingerprint density at radius 3 is 2.69 bits per heavy atom. The summed E-state index contributed by atoms with van der Waals surface area (Å²) in [5.41, 5.74) is 0.425. The summed E-state index contributed by atoms with van der Waals surface area (Å²) < 4.78 is 36.4. The predicted molar refractivity (Wildman–Crippen MR) is 110 cm³/mol. The fourth-order valence-electron chi connectivity index (χ4n) is 2.62. The first kappa shape index (κ1) is 23.1. The van der Waals surface area contributed by atoms with Crippen LogP contribution in [0.25, 0.3) is 0 Å². The number of aliphatic imine (C=N–C) groups is 1. The SMILES string of the molecule is CCOCCCNC(=NC)N1CCN(S(=O)(=O)Cc2ccon2)CC1.I. The standard InChI is InChI=1S/C15H27N5O4S.HI/c1-3-23-11-4-6-17-15(16-2)19-7-9-20(10-8-19)25(21,22)13-14-5-12-24-18-14;/h5,12H,3-4,6-11,13H2,1-2H3,(H,16,17);1H. The van der Waals surface area contributed by atoms with Crippen molar-refractivity contribution in [2.75, 3.05) is 53.0 Å². The van der Waals surface area contributed by atoms with E-state index in [0.717, 1.165) is 25.5 Å². The molecule has 0 unspecified atom stereocenters. The topological polar surface area (TPSA) is 100 Å². The summed E-state index contributed by atoms with van der Waals surface area (Å²) in [6, 6.07) is 1.57. The molecule has 1 aliphatic rings. The van der Waals surface area contributed by atoms with Crippen LogP contribution in [0.5, 0.6) is 0 Å². The van der Waals surface area contributed by atoms with Gasteiger partial charge in [-0.25, -0.2) is 8.42 Å². The van der Waals surface area contributed by atoms with Crippen LogP contribution in [0.4, 0.5) is 0 Å². The van der Waals surface area contributed by atoms with Crippen molar-refractivity contribution in [3.8, 4) is 0 Å². The average molecular weight is 501 g/mol. The second-order valence-electron chi connectivity index (χ2n) is 5.66. The van der Waals surface area contributed by atoms with E-state index in [1.165, 1.54) is 10.6 Å². The summed E-state index contributed by atoms with van der Waals surface area (Å²) in [5, 5.41) is 6.97. The minimum Gasteiger partial charge on any atom is -0.382 e. The van der Waals surface area contributed by atoms with Gasteiger partial charge in [-0.1, -0.05) is 5.16 Å². The monoisotopic (exact) mass is 501 g/mol.